The Morgan fingerprint density at radius 2 is 1.54 bits per heavy atom. The molecule has 1 unspecified atom stereocenters. The zero-order valence-corrected chi connectivity index (χ0v) is 7.90. The molecular weight excluding hydrogens is 158 g/mol. The van der Waals surface area contributed by atoms with E-state index in [1.165, 1.54) is 38.5 Å². The molecule has 0 aromatic carbocycles. The average Bonchev–Trinajstić information content (AvgIpc) is 1.93. The molecule has 1 aliphatic rings. The van der Waals surface area contributed by atoms with Gasteiger partial charge in [0.15, 0.2) is 0 Å². The van der Waals surface area contributed by atoms with Crippen molar-refractivity contribution in [2.45, 2.75) is 73.3 Å². The first-order valence-corrected chi connectivity index (χ1v) is 4.88. The summed E-state index contributed by atoms with van der Waals surface area (Å²) in [6.07, 6.45) is 8.06. The van der Waals surface area contributed by atoms with Crippen molar-refractivity contribution in [3.63, 3.8) is 0 Å². The molecule has 0 aliphatic heterocycles. The highest BCUT2D eigenvalue weighted by Gasteiger charge is 2.26. The Balaban J connectivity index is 0. The Bertz CT molecular complexity index is 118. The SMILES string of the molecule is C.C.CC1(C)CCCCCCC1N. The Morgan fingerprint density at radius 1 is 1.00 bits per heavy atom. The Labute approximate surface area is 85.1 Å². The predicted octanol–water partition coefficient (Wildman–Crippen LogP) is 3.97. The van der Waals surface area contributed by atoms with Gasteiger partial charge in [-0.05, 0) is 18.3 Å². The maximum atomic E-state index is 6.08. The molecule has 1 fully saturated rings. The molecule has 0 aromatic rings. The minimum absolute atomic E-state index is 0. The lowest BCUT2D eigenvalue weighted by molar-refractivity contribution is 0.224. The van der Waals surface area contributed by atoms with Gasteiger partial charge in [-0.25, -0.2) is 0 Å². The van der Waals surface area contributed by atoms with Gasteiger partial charge < -0.3 is 5.73 Å². The first-order valence-electron chi connectivity index (χ1n) is 4.88. The monoisotopic (exact) mass is 187 g/mol. The fraction of sp³-hybridized carbons (Fsp3) is 1.00. The summed E-state index contributed by atoms with van der Waals surface area (Å²) >= 11 is 0. The summed E-state index contributed by atoms with van der Waals surface area (Å²) in [7, 11) is 0. The minimum Gasteiger partial charge on any atom is -0.327 e. The topological polar surface area (TPSA) is 26.0 Å². The van der Waals surface area contributed by atoms with Gasteiger partial charge in [0, 0.05) is 6.04 Å². The second-order valence-corrected chi connectivity index (χ2v) is 4.55. The van der Waals surface area contributed by atoms with Crippen LogP contribution in [0.1, 0.15) is 67.2 Å². The van der Waals surface area contributed by atoms with Crippen molar-refractivity contribution in [2.75, 3.05) is 0 Å². The summed E-state index contributed by atoms with van der Waals surface area (Å²) in [6, 6.07) is 0.433. The maximum absolute atomic E-state index is 6.08. The summed E-state index contributed by atoms with van der Waals surface area (Å²) in [4.78, 5) is 0. The van der Waals surface area contributed by atoms with Gasteiger partial charge in [-0.2, -0.15) is 0 Å². The van der Waals surface area contributed by atoms with E-state index in [9.17, 15) is 0 Å². The van der Waals surface area contributed by atoms with Crippen molar-refractivity contribution in [1.29, 1.82) is 0 Å². The largest absolute Gasteiger partial charge is 0.327 e. The molecule has 0 bridgehead atoms. The lowest BCUT2D eigenvalue weighted by atomic mass is 9.76. The van der Waals surface area contributed by atoms with E-state index in [2.05, 4.69) is 13.8 Å². The lowest BCUT2D eigenvalue weighted by Crippen LogP contribution is -2.37. The number of nitrogens with two attached hydrogens (primary N) is 1. The van der Waals surface area contributed by atoms with Gasteiger partial charge in [0.05, 0.1) is 0 Å². The second kappa shape index (κ2) is 6.42. The van der Waals surface area contributed by atoms with Crippen molar-refractivity contribution in [2.24, 2.45) is 11.1 Å². The minimum atomic E-state index is 0. The van der Waals surface area contributed by atoms with Gasteiger partial charge in [0.25, 0.3) is 0 Å². The van der Waals surface area contributed by atoms with Crippen LogP contribution in [0.5, 0.6) is 0 Å². The van der Waals surface area contributed by atoms with E-state index in [4.69, 9.17) is 5.73 Å². The third-order valence-corrected chi connectivity index (χ3v) is 3.09. The molecule has 1 atom stereocenters. The number of rotatable bonds is 0. The molecular formula is C12H29N. The summed E-state index contributed by atoms with van der Waals surface area (Å²) in [6.45, 7) is 4.62. The van der Waals surface area contributed by atoms with Crippen molar-refractivity contribution >= 4 is 0 Å². The Morgan fingerprint density at radius 3 is 2.15 bits per heavy atom. The van der Waals surface area contributed by atoms with Crippen LogP contribution in [0.15, 0.2) is 0 Å². The molecule has 1 nitrogen and oxygen atoms in total. The summed E-state index contributed by atoms with van der Waals surface area (Å²) in [5.74, 6) is 0. The van der Waals surface area contributed by atoms with Gasteiger partial charge in [-0.1, -0.05) is 54.4 Å². The Hall–Kier alpha value is -0.0400. The fourth-order valence-electron chi connectivity index (χ4n) is 1.87. The third kappa shape index (κ3) is 4.66. The van der Waals surface area contributed by atoms with Crippen LogP contribution in [-0.4, -0.2) is 6.04 Å². The summed E-state index contributed by atoms with van der Waals surface area (Å²) in [5, 5.41) is 0. The van der Waals surface area contributed by atoms with E-state index >= 15 is 0 Å². The average molecular weight is 187 g/mol. The van der Waals surface area contributed by atoms with Gasteiger partial charge in [0.2, 0.25) is 0 Å². The zero-order valence-electron chi connectivity index (χ0n) is 7.90. The van der Waals surface area contributed by atoms with E-state index in [0.29, 0.717) is 11.5 Å². The Kier molecular flexibility index (Phi) is 7.62. The van der Waals surface area contributed by atoms with Gasteiger partial charge in [-0.15, -0.1) is 0 Å². The van der Waals surface area contributed by atoms with Crippen LogP contribution in [0.25, 0.3) is 0 Å². The molecule has 1 heteroatoms. The highest BCUT2D eigenvalue weighted by atomic mass is 14.7. The van der Waals surface area contributed by atoms with Gasteiger partial charge in [0.1, 0.15) is 0 Å². The van der Waals surface area contributed by atoms with E-state index in [0.717, 1.165) is 0 Å². The quantitative estimate of drug-likeness (QED) is 0.610. The van der Waals surface area contributed by atoms with E-state index in [-0.39, 0.29) is 14.9 Å². The molecule has 0 radical (unpaired) electrons. The highest BCUT2D eigenvalue weighted by Crippen LogP contribution is 2.31. The normalized spacial score (nSPS) is 27.5. The van der Waals surface area contributed by atoms with Crippen molar-refractivity contribution in [3.05, 3.63) is 0 Å². The third-order valence-electron chi connectivity index (χ3n) is 3.09. The van der Waals surface area contributed by atoms with Crippen LogP contribution in [0.4, 0.5) is 0 Å². The van der Waals surface area contributed by atoms with Gasteiger partial charge in [-0.3, -0.25) is 0 Å². The summed E-state index contributed by atoms with van der Waals surface area (Å²) < 4.78 is 0. The van der Waals surface area contributed by atoms with E-state index in [1.54, 1.807) is 0 Å². The summed E-state index contributed by atoms with van der Waals surface area (Å²) in [5.41, 5.74) is 6.47. The standard InChI is InChI=1S/C10H21N.2CH4/c1-10(2)8-6-4-3-5-7-9(10)11;;/h9H,3-8,11H2,1-2H3;2*1H4. The predicted molar refractivity (Wildman–Crippen MR) is 62.9 cm³/mol. The fourth-order valence-corrected chi connectivity index (χ4v) is 1.87. The smallest absolute Gasteiger partial charge is 0.00902 e. The van der Waals surface area contributed by atoms with Crippen LogP contribution in [-0.2, 0) is 0 Å². The second-order valence-electron chi connectivity index (χ2n) is 4.55. The maximum Gasteiger partial charge on any atom is 0.00902 e. The molecule has 0 spiro atoms. The lowest BCUT2D eigenvalue weighted by Gasteiger charge is -2.33. The van der Waals surface area contributed by atoms with Crippen LogP contribution < -0.4 is 5.73 Å². The molecule has 0 saturated heterocycles. The highest BCUT2D eigenvalue weighted by molar-refractivity contribution is 4.82. The molecule has 0 aromatic heterocycles. The number of hydrogen-bond acceptors (Lipinski definition) is 1. The molecule has 0 amide bonds. The molecule has 1 rings (SSSR count). The van der Waals surface area contributed by atoms with E-state index < -0.39 is 0 Å². The number of hydrogen-bond donors (Lipinski definition) is 1. The van der Waals surface area contributed by atoms with Crippen LogP contribution in [0.2, 0.25) is 0 Å². The molecule has 13 heavy (non-hydrogen) atoms. The van der Waals surface area contributed by atoms with Crippen LogP contribution >= 0.6 is 0 Å². The van der Waals surface area contributed by atoms with Crippen molar-refractivity contribution < 1.29 is 0 Å². The van der Waals surface area contributed by atoms with Crippen LogP contribution in [0, 0.1) is 5.41 Å². The molecule has 82 valence electrons. The molecule has 1 aliphatic carbocycles. The first kappa shape index (κ1) is 15.4. The van der Waals surface area contributed by atoms with Gasteiger partial charge >= 0.3 is 0 Å². The zero-order chi connectivity index (χ0) is 8.32. The van der Waals surface area contributed by atoms with Crippen molar-refractivity contribution in [3.8, 4) is 0 Å². The molecule has 1 saturated carbocycles. The van der Waals surface area contributed by atoms with Crippen LogP contribution in [0.3, 0.4) is 0 Å². The molecule has 0 heterocycles. The van der Waals surface area contributed by atoms with Crippen molar-refractivity contribution in [1.82, 2.24) is 0 Å². The van der Waals surface area contributed by atoms with E-state index in [1.807, 2.05) is 0 Å². The first-order chi connectivity index (χ1) is 5.13. The molecule has 2 N–H and O–H groups in total.